The summed E-state index contributed by atoms with van der Waals surface area (Å²) in [5.74, 6) is 1.38. The van der Waals surface area contributed by atoms with Crippen LogP contribution in [0.15, 0.2) is 52.5 Å². The molecule has 5 nitrogen and oxygen atoms in total. The molecule has 1 aromatic carbocycles. The van der Waals surface area contributed by atoms with E-state index in [2.05, 4.69) is 10.3 Å². The lowest BCUT2D eigenvalue weighted by atomic mass is 10.2. The molecular weight excluding hydrogens is 324 g/mol. The molecule has 24 heavy (non-hydrogen) atoms. The standard InChI is InChI=1S/C18H18N2O3S/c1-22-15-6-4-13(5-7-15)18-20-14(12-23-18)8-9-19-17(21)11-16-3-2-10-24-16/h2-7,10,12H,8-9,11H2,1H3,(H,19,21). The van der Waals surface area contributed by atoms with Crippen LogP contribution >= 0.6 is 11.3 Å². The van der Waals surface area contributed by atoms with E-state index in [-0.39, 0.29) is 5.91 Å². The van der Waals surface area contributed by atoms with Crippen molar-refractivity contribution in [3.05, 3.63) is 58.6 Å². The average Bonchev–Trinajstić information content (AvgIpc) is 3.27. The van der Waals surface area contributed by atoms with Crippen LogP contribution in [0.1, 0.15) is 10.6 Å². The Morgan fingerprint density at radius 1 is 1.29 bits per heavy atom. The van der Waals surface area contributed by atoms with E-state index in [1.165, 1.54) is 0 Å². The molecule has 0 bridgehead atoms. The molecule has 0 aliphatic heterocycles. The molecule has 2 heterocycles. The van der Waals surface area contributed by atoms with E-state index in [9.17, 15) is 4.79 Å². The topological polar surface area (TPSA) is 64.4 Å². The van der Waals surface area contributed by atoms with Gasteiger partial charge in [-0.2, -0.15) is 0 Å². The highest BCUT2D eigenvalue weighted by Gasteiger charge is 2.08. The van der Waals surface area contributed by atoms with Gasteiger partial charge in [-0.25, -0.2) is 4.98 Å². The first kappa shape index (κ1) is 16.3. The maximum atomic E-state index is 11.8. The smallest absolute Gasteiger partial charge is 0.226 e. The number of thiophene rings is 1. The highest BCUT2D eigenvalue weighted by atomic mass is 32.1. The first-order valence-corrected chi connectivity index (χ1v) is 8.50. The van der Waals surface area contributed by atoms with Crippen molar-refractivity contribution >= 4 is 17.2 Å². The summed E-state index contributed by atoms with van der Waals surface area (Å²) in [7, 11) is 1.63. The number of ether oxygens (including phenoxy) is 1. The average molecular weight is 342 g/mol. The Hall–Kier alpha value is -2.60. The first-order valence-electron chi connectivity index (χ1n) is 7.62. The van der Waals surface area contributed by atoms with Gasteiger partial charge in [-0.1, -0.05) is 6.07 Å². The second-order valence-electron chi connectivity index (χ2n) is 5.23. The number of nitrogens with one attached hydrogen (secondary N) is 1. The molecule has 0 unspecified atom stereocenters. The number of hydrogen-bond donors (Lipinski definition) is 1. The fraction of sp³-hybridized carbons (Fsp3) is 0.222. The molecule has 0 aliphatic rings. The van der Waals surface area contributed by atoms with E-state index in [0.717, 1.165) is 21.9 Å². The molecule has 124 valence electrons. The quantitative estimate of drug-likeness (QED) is 0.715. The number of rotatable bonds is 7. The third-order valence-corrected chi connectivity index (χ3v) is 4.38. The SMILES string of the molecule is COc1ccc(-c2nc(CCNC(=O)Cc3cccs3)co2)cc1. The Balaban J connectivity index is 1.49. The Bertz CT molecular complexity index is 779. The van der Waals surface area contributed by atoms with Crippen molar-refractivity contribution in [2.75, 3.05) is 13.7 Å². The maximum absolute atomic E-state index is 11.8. The summed E-state index contributed by atoms with van der Waals surface area (Å²) in [6.45, 7) is 0.540. The summed E-state index contributed by atoms with van der Waals surface area (Å²) in [4.78, 5) is 17.3. The predicted octanol–water partition coefficient (Wildman–Crippen LogP) is 3.31. The summed E-state index contributed by atoms with van der Waals surface area (Å²) in [6, 6.07) is 11.4. The molecule has 0 saturated heterocycles. The van der Waals surface area contributed by atoms with E-state index in [1.54, 1.807) is 24.7 Å². The number of carbonyl (C=O) groups is 1. The lowest BCUT2D eigenvalue weighted by Gasteiger charge is -2.02. The van der Waals surface area contributed by atoms with E-state index < -0.39 is 0 Å². The molecule has 1 amide bonds. The van der Waals surface area contributed by atoms with E-state index in [0.29, 0.717) is 25.3 Å². The van der Waals surface area contributed by atoms with E-state index >= 15 is 0 Å². The predicted molar refractivity (Wildman–Crippen MR) is 93.2 cm³/mol. The molecule has 0 fully saturated rings. The van der Waals surface area contributed by atoms with Gasteiger partial charge in [0, 0.05) is 23.4 Å². The summed E-state index contributed by atoms with van der Waals surface area (Å²) in [5, 5.41) is 4.87. The lowest BCUT2D eigenvalue weighted by molar-refractivity contribution is -0.120. The molecule has 0 spiro atoms. The number of amides is 1. The van der Waals surface area contributed by atoms with Gasteiger partial charge >= 0.3 is 0 Å². The van der Waals surface area contributed by atoms with Crippen LogP contribution in [0, 0.1) is 0 Å². The fourth-order valence-electron chi connectivity index (χ4n) is 2.25. The van der Waals surface area contributed by atoms with Crippen LogP contribution in [0.4, 0.5) is 0 Å². The van der Waals surface area contributed by atoms with Crippen molar-refractivity contribution in [1.82, 2.24) is 10.3 Å². The van der Waals surface area contributed by atoms with Gasteiger partial charge in [0.1, 0.15) is 12.0 Å². The second-order valence-corrected chi connectivity index (χ2v) is 6.26. The molecule has 0 atom stereocenters. The lowest BCUT2D eigenvalue weighted by Crippen LogP contribution is -2.27. The van der Waals surface area contributed by atoms with Crippen molar-refractivity contribution in [2.45, 2.75) is 12.8 Å². The minimum absolute atomic E-state index is 0.0244. The Morgan fingerprint density at radius 3 is 2.83 bits per heavy atom. The van der Waals surface area contributed by atoms with Gasteiger partial charge in [-0.3, -0.25) is 4.79 Å². The number of nitrogens with zero attached hydrogens (tertiary/aromatic N) is 1. The minimum atomic E-state index is 0.0244. The first-order chi connectivity index (χ1) is 11.7. The van der Waals surface area contributed by atoms with Crippen LogP contribution in [-0.4, -0.2) is 24.5 Å². The van der Waals surface area contributed by atoms with Gasteiger partial charge in [0.2, 0.25) is 11.8 Å². The van der Waals surface area contributed by atoms with Gasteiger partial charge in [0.15, 0.2) is 0 Å². The molecule has 3 rings (SSSR count). The highest BCUT2D eigenvalue weighted by molar-refractivity contribution is 7.10. The zero-order valence-corrected chi connectivity index (χ0v) is 14.1. The van der Waals surface area contributed by atoms with Crippen LogP contribution in [0.25, 0.3) is 11.5 Å². The summed E-state index contributed by atoms with van der Waals surface area (Å²) < 4.78 is 10.6. The van der Waals surface area contributed by atoms with E-state index in [4.69, 9.17) is 9.15 Å². The molecule has 0 aliphatic carbocycles. The van der Waals surface area contributed by atoms with E-state index in [1.807, 2.05) is 41.8 Å². The van der Waals surface area contributed by atoms with Crippen molar-refractivity contribution < 1.29 is 13.9 Å². The Kier molecular flexibility index (Phi) is 5.28. The van der Waals surface area contributed by atoms with Gasteiger partial charge in [0.05, 0.1) is 19.2 Å². The number of aromatic nitrogens is 1. The van der Waals surface area contributed by atoms with Crippen LogP contribution in [0.3, 0.4) is 0 Å². The monoisotopic (exact) mass is 342 g/mol. The number of methoxy groups -OCH3 is 1. The molecule has 3 aromatic rings. The number of oxazole rings is 1. The molecule has 2 aromatic heterocycles. The fourth-order valence-corrected chi connectivity index (χ4v) is 2.96. The molecule has 6 heteroatoms. The molecule has 0 saturated carbocycles. The van der Waals surface area contributed by atoms with Crippen LogP contribution in [-0.2, 0) is 17.6 Å². The van der Waals surface area contributed by atoms with Crippen LogP contribution < -0.4 is 10.1 Å². The molecular formula is C18H18N2O3S. The largest absolute Gasteiger partial charge is 0.497 e. The molecule has 1 N–H and O–H groups in total. The van der Waals surface area contributed by atoms with Gasteiger partial charge in [0.25, 0.3) is 0 Å². The van der Waals surface area contributed by atoms with Crippen molar-refractivity contribution in [2.24, 2.45) is 0 Å². The third-order valence-electron chi connectivity index (χ3n) is 3.51. The van der Waals surface area contributed by atoms with Crippen LogP contribution in [0.5, 0.6) is 5.75 Å². The maximum Gasteiger partial charge on any atom is 0.226 e. The third kappa shape index (κ3) is 4.23. The van der Waals surface area contributed by atoms with Crippen molar-refractivity contribution in [3.63, 3.8) is 0 Å². The number of hydrogen-bond acceptors (Lipinski definition) is 5. The van der Waals surface area contributed by atoms with Gasteiger partial charge < -0.3 is 14.5 Å². The van der Waals surface area contributed by atoms with Crippen molar-refractivity contribution in [3.8, 4) is 17.2 Å². The number of carbonyl (C=O) groups excluding carboxylic acids is 1. The number of benzene rings is 1. The summed E-state index contributed by atoms with van der Waals surface area (Å²) in [5.41, 5.74) is 1.71. The van der Waals surface area contributed by atoms with Gasteiger partial charge in [-0.05, 0) is 35.7 Å². The van der Waals surface area contributed by atoms with Crippen molar-refractivity contribution in [1.29, 1.82) is 0 Å². The molecule has 0 radical (unpaired) electrons. The second kappa shape index (κ2) is 7.79. The summed E-state index contributed by atoms with van der Waals surface area (Å²) >= 11 is 1.59. The van der Waals surface area contributed by atoms with Crippen LogP contribution in [0.2, 0.25) is 0 Å². The Labute approximate surface area is 144 Å². The zero-order chi connectivity index (χ0) is 16.8. The Morgan fingerprint density at radius 2 is 2.12 bits per heavy atom. The minimum Gasteiger partial charge on any atom is -0.497 e. The zero-order valence-electron chi connectivity index (χ0n) is 13.3. The van der Waals surface area contributed by atoms with Gasteiger partial charge in [-0.15, -0.1) is 11.3 Å². The summed E-state index contributed by atoms with van der Waals surface area (Å²) in [6.07, 6.45) is 2.69. The normalized spacial score (nSPS) is 10.5. The highest BCUT2D eigenvalue weighted by Crippen LogP contribution is 2.21.